The molecule has 110 valence electrons. The van der Waals surface area contributed by atoms with Gasteiger partial charge >= 0.3 is 0 Å². The minimum absolute atomic E-state index is 0.742. The lowest BCUT2D eigenvalue weighted by Gasteiger charge is -2.09. The molecule has 1 heteroatoms. The van der Waals surface area contributed by atoms with Gasteiger partial charge in [0.1, 0.15) is 5.75 Å². The van der Waals surface area contributed by atoms with Crippen molar-refractivity contribution in [3.8, 4) is 5.75 Å². The van der Waals surface area contributed by atoms with Crippen LogP contribution in [0, 0.1) is 25.7 Å². The highest BCUT2D eigenvalue weighted by molar-refractivity contribution is 5.39. The van der Waals surface area contributed by atoms with Crippen LogP contribution in [0.4, 0.5) is 0 Å². The smallest absolute Gasteiger partial charge is 0.125 e. The number of para-hydroxylation sites is 1. The first kappa shape index (κ1) is 18.0. The van der Waals surface area contributed by atoms with Crippen LogP contribution in [0.3, 0.4) is 0 Å². The van der Waals surface area contributed by atoms with E-state index in [4.69, 9.17) is 4.74 Å². The molecule has 0 N–H and O–H groups in total. The van der Waals surface area contributed by atoms with Crippen molar-refractivity contribution in [3.05, 3.63) is 29.3 Å². The Kier molecular flexibility index (Phi) is 9.38. The number of ether oxygens (including phenoxy) is 1. The molecule has 1 aromatic carbocycles. The molecule has 1 atom stereocenters. The van der Waals surface area contributed by atoms with E-state index in [0.717, 1.165) is 24.2 Å². The van der Waals surface area contributed by atoms with Crippen LogP contribution in [0.25, 0.3) is 0 Å². The van der Waals surface area contributed by atoms with E-state index in [9.17, 15) is 0 Å². The highest BCUT2D eigenvalue weighted by Crippen LogP contribution is 2.21. The summed E-state index contributed by atoms with van der Waals surface area (Å²) < 4.78 is 5.47. The first-order chi connectivity index (χ1) is 8.92. The summed E-state index contributed by atoms with van der Waals surface area (Å²) in [6.45, 7) is 16.0. The van der Waals surface area contributed by atoms with Crippen LogP contribution in [0.5, 0.6) is 5.75 Å². The Labute approximate surface area is 120 Å². The molecule has 0 fully saturated rings. The van der Waals surface area contributed by atoms with E-state index in [1.165, 1.54) is 24.0 Å². The van der Waals surface area contributed by atoms with Gasteiger partial charge in [0.2, 0.25) is 0 Å². The molecular formula is C18H32O. The van der Waals surface area contributed by atoms with Crippen LogP contribution in [-0.2, 0) is 0 Å². The molecule has 0 aromatic heterocycles. The largest absolute Gasteiger partial charge is 0.493 e. The van der Waals surface area contributed by atoms with Crippen LogP contribution in [0.1, 0.15) is 58.6 Å². The first-order valence-electron chi connectivity index (χ1n) is 7.61. The quantitative estimate of drug-likeness (QED) is 0.655. The molecule has 1 nitrogen and oxygen atoms in total. The van der Waals surface area contributed by atoms with E-state index in [1.807, 2.05) is 13.0 Å². The van der Waals surface area contributed by atoms with Gasteiger partial charge in [-0.1, -0.05) is 52.3 Å². The number of benzene rings is 1. The molecule has 0 radical (unpaired) electrons. The molecule has 0 amide bonds. The summed E-state index contributed by atoms with van der Waals surface area (Å²) >= 11 is 0. The lowest BCUT2D eigenvalue weighted by atomic mass is 9.97. The third kappa shape index (κ3) is 7.92. The molecule has 19 heavy (non-hydrogen) atoms. The van der Waals surface area contributed by atoms with Gasteiger partial charge in [-0.05, 0) is 50.2 Å². The molecule has 0 bridgehead atoms. The molecule has 0 spiro atoms. The van der Waals surface area contributed by atoms with Crippen molar-refractivity contribution in [1.29, 1.82) is 0 Å². The van der Waals surface area contributed by atoms with E-state index >= 15 is 0 Å². The van der Waals surface area contributed by atoms with Gasteiger partial charge in [0.15, 0.2) is 0 Å². The highest BCUT2D eigenvalue weighted by atomic mass is 16.5. The van der Waals surface area contributed by atoms with Gasteiger partial charge < -0.3 is 4.74 Å². The van der Waals surface area contributed by atoms with Gasteiger partial charge in [-0.2, -0.15) is 0 Å². The summed E-state index contributed by atoms with van der Waals surface area (Å²) in [5.74, 6) is 2.84. The number of aryl methyl sites for hydroxylation is 2. The molecule has 1 aromatic rings. The molecular weight excluding hydrogens is 232 g/mol. The van der Waals surface area contributed by atoms with Gasteiger partial charge in [0.25, 0.3) is 0 Å². The van der Waals surface area contributed by atoms with Crippen molar-refractivity contribution in [1.82, 2.24) is 0 Å². The molecule has 0 saturated carbocycles. The Balaban J connectivity index is 0.000000362. The standard InChI is InChI=1S/C10H14O.C8H18/c1-4-11-10-8(2)6-5-7-9(10)3;1-5-8(4)6-7(2)3/h5-7H,4H2,1-3H3;7-8H,5-6H2,1-4H3. The topological polar surface area (TPSA) is 9.23 Å². The molecule has 0 aliphatic rings. The number of hydrogen-bond donors (Lipinski definition) is 0. The Bertz CT molecular complexity index is 321. The van der Waals surface area contributed by atoms with E-state index in [1.54, 1.807) is 0 Å². The van der Waals surface area contributed by atoms with E-state index in [-0.39, 0.29) is 0 Å². The average molecular weight is 264 g/mol. The maximum atomic E-state index is 5.47. The van der Waals surface area contributed by atoms with Crippen molar-refractivity contribution in [2.45, 2.75) is 61.3 Å². The maximum Gasteiger partial charge on any atom is 0.125 e. The maximum absolute atomic E-state index is 5.47. The van der Waals surface area contributed by atoms with Gasteiger partial charge in [-0.15, -0.1) is 0 Å². The summed E-state index contributed by atoms with van der Waals surface area (Å²) in [6, 6.07) is 6.18. The summed E-state index contributed by atoms with van der Waals surface area (Å²) in [4.78, 5) is 0. The fourth-order valence-electron chi connectivity index (χ4n) is 2.14. The lowest BCUT2D eigenvalue weighted by Crippen LogP contribution is -1.97. The summed E-state index contributed by atoms with van der Waals surface area (Å²) in [5, 5.41) is 0. The molecule has 0 heterocycles. The van der Waals surface area contributed by atoms with Gasteiger partial charge in [0, 0.05) is 0 Å². The Morgan fingerprint density at radius 2 is 1.53 bits per heavy atom. The van der Waals surface area contributed by atoms with Gasteiger partial charge in [-0.3, -0.25) is 0 Å². The predicted octanol–water partition coefficient (Wildman–Crippen LogP) is 5.78. The second-order valence-corrected chi connectivity index (χ2v) is 5.80. The van der Waals surface area contributed by atoms with Crippen molar-refractivity contribution in [2.24, 2.45) is 11.8 Å². The molecule has 1 unspecified atom stereocenters. The zero-order valence-corrected chi connectivity index (χ0v) is 13.9. The summed E-state index contributed by atoms with van der Waals surface area (Å²) in [5.41, 5.74) is 2.43. The Morgan fingerprint density at radius 3 is 1.84 bits per heavy atom. The van der Waals surface area contributed by atoms with Gasteiger partial charge in [0.05, 0.1) is 6.61 Å². The summed E-state index contributed by atoms with van der Waals surface area (Å²) in [7, 11) is 0. The fourth-order valence-corrected chi connectivity index (χ4v) is 2.14. The van der Waals surface area contributed by atoms with Crippen molar-refractivity contribution in [3.63, 3.8) is 0 Å². The van der Waals surface area contributed by atoms with E-state index in [0.29, 0.717) is 0 Å². The van der Waals surface area contributed by atoms with Crippen molar-refractivity contribution in [2.75, 3.05) is 6.61 Å². The van der Waals surface area contributed by atoms with E-state index in [2.05, 4.69) is 53.7 Å². The third-order valence-electron chi connectivity index (χ3n) is 3.27. The zero-order chi connectivity index (χ0) is 14.8. The first-order valence-corrected chi connectivity index (χ1v) is 7.61. The van der Waals surface area contributed by atoms with Crippen LogP contribution in [0.15, 0.2) is 18.2 Å². The second kappa shape index (κ2) is 9.89. The minimum atomic E-state index is 0.742. The number of rotatable bonds is 5. The average Bonchev–Trinajstić information content (AvgIpc) is 2.34. The zero-order valence-electron chi connectivity index (χ0n) is 13.9. The second-order valence-electron chi connectivity index (χ2n) is 5.80. The van der Waals surface area contributed by atoms with Crippen molar-refractivity contribution >= 4 is 0 Å². The van der Waals surface area contributed by atoms with E-state index < -0.39 is 0 Å². The normalized spacial score (nSPS) is 11.8. The van der Waals surface area contributed by atoms with Crippen molar-refractivity contribution < 1.29 is 4.74 Å². The molecule has 1 rings (SSSR count). The third-order valence-corrected chi connectivity index (χ3v) is 3.27. The summed E-state index contributed by atoms with van der Waals surface area (Å²) in [6.07, 6.45) is 2.72. The molecule has 0 aliphatic carbocycles. The van der Waals surface area contributed by atoms with Crippen LogP contribution >= 0.6 is 0 Å². The van der Waals surface area contributed by atoms with Gasteiger partial charge in [-0.25, -0.2) is 0 Å². The monoisotopic (exact) mass is 264 g/mol. The number of hydrogen-bond acceptors (Lipinski definition) is 1. The Hall–Kier alpha value is -0.980. The molecule has 0 aliphatic heterocycles. The fraction of sp³-hybridized carbons (Fsp3) is 0.667. The van der Waals surface area contributed by atoms with Crippen LogP contribution in [0.2, 0.25) is 0 Å². The Morgan fingerprint density at radius 1 is 1.00 bits per heavy atom. The van der Waals surface area contributed by atoms with Crippen LogP contribution < -0.4 is 4.74 Å². The SMILES string of the molecule is CCC(C)CC(C)C.CCOc1c(C)cccc1C. The van der Waals surface area contributed by atoms with Crippen LogP contribution in [-0.4, -0.2) is 6.61 Å². The highest BCUT2D eigenvalue weighted by Gasteiger charge is 2.00. The predicted molar refractivity (Wildman–Crippen MR) is 86.0 cm³/mol. The lowest BCUT2D eigenvalue weighted by molar-refractivity contribution is 0.335. The minimum Gasteiger partial charge on any atom is -0.493 e. The molecule has 0 saturated heterocycles.